The summed E-state index contributed by atoms with van der Waals surface area (Å²) in [6.45, 7) is 3.56. The van der Waals surface area contributed by atoms with Crippen molar-refractivity contribution >= 4 is 17.3 Å². The van der Waals surface area contributed by atoms with Gasteiger partial charge in [0.1, 0.15) is 0 Å². The zero-order valence-corrected chi connectivity index (χ0v) is 11.2. The molecular formula is C14H19ClN2. The fourth-order valence-electron chi connectivity index (χ4n) is 3.38. The van der Waals surface area contributed by atoms with E-state index in [1.807, 2.05) is 6.07 Å². The van der Waals surface area contributed by atoms with Crippen LogP contribution >= 0.6 is 11.6 Å². The van der Waals surface area contributed by atoms with Crippen molar-refractivity contribution in [3.8, 4) is 0 Å². The highest BCUT2D eigenvalue weighted by molar-refractivity contribution is 6.30. The number of likely N-dealkylation sites (tertiary alicyclic amines) is 1. The van der Waals surface area contributed by atoms with Gasteiger partial charge in [-0.05, 0) is 43.1 Å². The molecule has 3 rings (SSSR count). The Kier molecular flexibility index (Phi) is 2.80. The van der Waals surface area contributed by atoms with Gasteiger partial charge in [0.05, 0.1) is 0 Å². The molecule has 2 atom stereocenters. The van der Waals surface area contributed by atoms with Crippen LogP contribution in [-0.2, 0) is 0 Å². The number of benzene rings is 1. The number of fused-ring (bicyclic) bond motifs is 3. The topological polar surface area (TPSA) is 6.48 Å². The van der Waals surface area contributed by atoms with E-state index >= 15 is 0 Å². The summed E-state index contributed by atoms with van der Waals surface area (Å²) in [5, 5.41) is 0.868. The van der Waals surface area contributed by atoms with Crippen LogP contribution in [0.3, 0.4) is 0 Å². The van der Waals surface area contributed by atoms with Crippen molar-refractivity contribution in [1.29, 1.82) is 0 Å². The lowest BCUT2D eigenvalue weighted by molar-refractivity contribution is 0.389. The molecule has 92 valence electrons. The Morgan fingerprint density at radius 1 is 1.24 bits per heavy atom. The van der Waals surface area contributed by atoms with E-state index in [0.717, 1.165) is 17.5 Å². The number of halogens is 1. The molecule has 0 spiro atoms. The molecule has 0 aliphatic carbocycles. The maximum absolute atomic E-state index is 6.17. The van der Waals surface area contributed by atoms with Crippen LogP contribution in [0.2, 0.25) is 5.02 Å². The summed E-state index contributed by atoms with van der Waals surface area (Å²) >= 11 is 6.17. The minimum Gasteiger partial charge on any atom is -0.374 e. The molecule has 1 fully saturated rings. The number of likely N-dealkylation sites (N-methyl/N-ethyl adjacent to an activating group) is 1. The van der Waals surface area contributed by atoms with Crippen LogP contribution < -0.4 is 4.90 Å². The molecule has 0 unspecified atom stereocenters. The predicted molar refractivity (Wildman–Crippen MR) is 73.1 cm³/mol. The Hall–Kier alpha value is -0.730. The first-order valence-electron chi connectivity index (χ1n) is 6.34. The molecule has 3 heteroatoms. The van der Waals surface area contributed by atoms with Gasteiger partial charge in [-0.3, -0.25) is 0 Å². The van der Waals surface area contributed by atoms with Gasteiger partial charge >= 0.3 is 0 Å². The number of nitrogens with zero attached hydrogens (tertiary/aromatic N) is 2. The highest BCUT2D eigenvalue weighted by Gasteiger charge is 2.35. The maximum atomic E-state index is 6.17. The molecule has 2 nitrogen and oxygen atoms in total. The van der Waals surface area contributed by atoms with Crippen molar-refractivity contribution in [2.24, 2.45) is 5.92 Å². The van der Waals surface area contributed by atoms with Crippen molar-refractivity contribution < 1.29 is 0 Å². The van der Waals surface area contributed by atoms with Gasteiger partial charge in [-0.1, -0.05) is 11.6 Å². The highest BCUT2D eigenvalue weighted by atomic mass is 35.5. The number of hydrogen-bond acceptors (Lipinski definition) is 2. The smallest absolute Gasteiger partial charge is 0.0410 e. The van der Waals surface area contributed by atoms with Crippen molar-refractivity contribution in [3.63, 3.8) is 0 Å². The van der Waals surface area contributed by atoms with Crippen molar-refractivity contribution in [2.45, 2.75) is 12.3 Å². The fourth-order valence-corrected chi connectivity index (χ4v) is 3.56. The van der Waals surface area contributed by atoms with Crippen molar-refractivity contribution in [1.82, 2.24) is 4.90 Å². The number of rotatable bonds is 0. The quantitative estimate of drug-likeness (QED) is 0.699. The van der Waals surface area contributed by atoms with Crippen LogP contribution in [0.15, 0.2) is 18.2 Å². The van der Waals surface area contributed by atoms with Gasteiger partial charge in [-0.25, -0.2) is 0 Å². The minimum absolute atomic E-state index is 0.665. The lowest BCUT2D eigenvalue weighted by Gasteiger charge is -2.21. The van der Waals surface area contributed by atoms with Crippen LogP contribution in [0.5, 0.6) is 0 Å². The fraction of sp³-hybridized carbons (Fsp3) is 0.571. The zero-order chi connectivity index (χ0) is 12.0. The Balaban J connectivity index is 2.07. The number of anilines is 1. The molecule has 0 N–H and O–H groups in total. The van der Waals surface area contributed by atoms with Crippen molar-refractivity contribution in [3.05, 3.63) is 28.8 Å². The van der Waals surface area contributed by atoms with E-state index < -0.39 is 0 Å². The molecule has 17 heavy (non-hydrogen) atoms. The molecule has 0 saturated carbocycles. The molecule has 2 heterocycles. The first-order valence-corrected chi connectivity index (χ1v) is 6.72. The molecule has 0 bridgehead atoms. The molecule has 2 aliphatic rings. The summed E-state index contributed by atoms with van der Waals surface area (Å²) in [7, 11) is 4.42. The van der Waals surface area contributed by atoms with Crippen LogP contribution in [0.25, 0.3) is 0 Å². The second-order valence-corrected chi connectivity index (χ2v) is 5.94. The maximum Gasteiger partial charge on any atom is 0.0410 e. The summed E-state index contributed by atoms with van der Waals surface area (Å²) in [6.07, 6.45) is 1.29. The summed E-state index contributed by atoms with van der Waals surface area (Å²) in [6, 6.07) is 6.36. The van der Waals surface area contributed by atoms with Crippen LogP contribution in [0, 0.1) is 5.92 Å². The van der Waals surface area contributed by atoms with Gasteiger partial charge in [-0.15, -0.1) is 0 Å². The van der Waals surface area contributed by atoms with E-state index in [2.05, 4.69) is 36.0 Å². The highest BCUT2D eigenvalue weighted by Crippen LogP contribution is 2.42. The first-order chi connectivity index (χ1) is 8.15. The van der Waals surface area contributed by atoms with Crippen LogP contribution in [0.1, 0.15) is 17.9 Å². The van der Waals surface area contributed by atoms with E-state index in [-0.39, 0.29) is 0 Å². The van der Waals surface area contributed by atoms with Crippen LogP contribution in [-0.4, -0.2) is 38.6 Å². The summed E-state index contributed by atoms with van der Waals surface area (Å²) in [5.74, 6) is 1.46. The third-order valence-electron chi connectivity index (χ3n) is 4.26. The van der Waals surface area contributed by atoms with Gasteiger partial charge in [0.15, 0.2) is 0 Å². The molecule has 0 radical (unpaired) electrons. The van der Waals surface area contributed by atoms with Gasteiger partial charge in [-0.2, -0.15) is 0 Å². The summed E-state index contributed by atoms with van der Waals surface area (Å²) in [4.78, 5) is 4.83. The first kappa shape index (κ1) is 11.4. The molecule has 0 amide bonds. The average Bonchev–Trinajstić information content (AvgIpc) is 2.62. The van der Waals surface area contributed by atoms with E-state index in [9.17, 15) is 0 Å². The third-order valence-corrected chi connectivity index (χ3v) is 4.49. The van der Waals surface area contributed by atoms with E-state index in [1.165, 1.54) is 30.8 Å². The number of hydrogen-bond donors (Lipinski definition) is 0. The SMILES string of the molecule is CN1C[C@@H]2CCN(C)c3ccc(Cl)cc3[C@H]2C1. The third kappa shape index (κ3) is 1.94. The average molecular weight is 251 g/mol. The Morgan fingerprint density at radius 2 is 2.06 bits per heavy atom. The van der Waals surface area contributed by atoms with Crippen molar-refractivity contribution in [2.75, 3.05) is 38.6 Å². The minimum atomic E-state index is 0.665. The largest absolute Gasteiger partial charge is 0.374 e. The standard InChI is InChI=1S/C14H19ClN2/c1-16-8-10-5-6-17(2)14-4-3-11(15)7-12(14)13(10)9-16/h3-4,7,10,13H,5-6,8-9H2,1-2H3/t10-,13-/m0/s1. The summed E-state index contributed by atoms with van der Waals surface area (Å²) < 4.78 is 0. The second-order valence-electron chi connectivity index (χ2n) is 5.50. The van der Waals surface area contributed by atoms with Gasteiger partial charge in [0.25, 0.3) is 0 Å². The van der Waals surface area contributed by atoms with Crippen LogP contribution in [0.4, 0.5) is 5.69 Å². The van der Waals surface area contributed by atoms with Gasteiger partial charge in [0.2, 0.25) is 0 Å². The van der Waals surface area contributed by atoms with Gasteiger partial charge in [0, 0.05) is 43.3 Å². The molecule has 2 aliphatic heterocycles. The monoisotopic (exact) mass is 250 g/mol. The van der Waals surface area contributed by atoms with E-state index in [4.69, 9.17) is 11.6 Å². The second kappa shape index (κ2) is 4.18. The molecule has 1 aromatic rings. The zero-order valence-electron chi connectivity index (χ0n) is 10.5. The van der Waals surface area contributed by atoms with E-state index in [1.54, 1.807) is 0 Å². The molecule has 1 aromatic carbocycles. The lowest BCUT2D eigenvalue weighted by atomic mass is 9.87. The normalized spacial score (nSPS) is 28.8. The Labute approximate surface area is 108 Å². The predicted octanol–water partition coefficient (Wildman–Crippen LogP) is 2.83. The van der Waals surface area contributed by atoms with E-state index in [0.29, 0.717) is 5.92 Å². The molecule has 0 aromatic heterocycles. The Bertz CT molecular complexity index is 432. The lowest BCUT2D eigenvalue weighted by Crippen LogP contribution is -2.21. The van der Waals surface area contributed by atoms with Gasteiger partial charge < -0.3 is 9.80 Å². The molecule has 1 saturated heterocycles. The Morgan fingerprint density at radius 3 is 2.88 bits per heavy atom. The summed E-state index contributed by atoms with van der Waals surface area (Å²) in [5.41, 5.74) is 2.82. The molecular weight excluding hydrogens is 232 g/mol.